The minimum Gasteiger partial charge on any atom is -0.343 e. The van der Waals surface area contributed by atoms with Gasteiger partial charge in [-0.25, -0.2) is 13.8 Å². The highest BCUT2D eigenvalue weighted by molar-refractivity contribution is 5.79. The molecule has 0 saturated carbocycles. The molecule has 1 aromatic rings. The van der Waals surface area contributed by atoms with E-state index in [0.717, 1.165) is 6.07 Å². The SMILES string of the molecule is CC(=O)N1CCC(C(=O)N2OCC[C@@H]2c2cc(F)cc(F)c2)CC1. The van der Waals surface area contributed by atoms with Crippen LogP contribution in [0.2, 0.25) is 0 Å². The van der Waals surface area contributed by atoms with Crippen LogP contribution in [0.1, 0.15) is 37.8 Å². The van der Waals surface area contributed by atoms with Crippen LogP contribution in [0.4, 0.5) is 8.78 Å². The van der Waals surface area contributed by atoms with Crippen molar-refractivity contribution < 1.29 is 23.2 Å². The number of piperidine rings is 1. The highest BCUT2D eigenvalue weighted by atomic mass is 19.1. The molecule has 1 atom stereocenters. The van der Waals surface area contributed by atoms with Crippen LogP contribution in [0.5, 0.6) is 0 Å². The second-order valence-electron chi connectivity index (χ2n) is 6.28. The Labute approximate surface area is 139 Å². The summed E-state index contributed by atoms with van der Waals surface area (Å²) in [5.74, 6) is -1.74. The molecule has 0 unspecified atom stereocenters. The van der Waals surface area contributed by atoms with Gasteiger partial charge in [0, 0.05) is 38.4 Å². The average molecular weight is 338 g/mol. The van der Waals surface area contributed by atoms with E-state index in [1.165, 1.54) is 24.1 Å². The molecule has 0 radical (unpaired) electrons. The Kier molecular flexibility index (Phi) is 4.80. The number of amides is 2. The van der Waals surface area contributed by atoms with Gasteiger partial charge < -0.3 is 4.90 Å². The topological polar surface area (TPSA) is 49.9 Å². The first-order valence-corrected chi connectivity index (χ1v) is 8.13. The number of rotatable bonds is 2. The van der Waals surface area contributed by atoms with Crippen molar-refractivity contribution in [3.63, 3.8) is 0 Å². The first-order chi connectivity index (χ1) is 11.5. The maximum Gasteiger partial charge on any atom is 0.249 e. The average Bonchev–Trinajstić information content (AvgIpc) is 3.03. The zero-order chi connectivity index (χ0) is 17.3. The number of carbonyl (C=O) groups excluding carboxylic acids is 2. The summed E-state index contributed by atoms with van der Waals surface area (Å²) in [6.07, 6.45) is 1.64. The quantitative estimate of drug-likeness (QED) is 0.832. The summed E-state index contributed by atoms with van der Waals surface area (Å²) in [6.45, 7) is 2.93. The standard InChI is InChI=1S/C17H20F2N2O3/c1-11(22)20-5-2-12(3-6-20)17(23)21-16(4-7-24-21)13-8-14(18)10-15(19)9-13/h8-10,12,16H,2-7H2,1H3/t16-/m1/s1. The van der Waals surface area contributed by atoms with Crippen molar-refractivity contribution in [3.05, 3.63) is 35.4 Å². The molecule has 2 aliphatic rings. The lowest BCUT2D eigenvalue weighted by Gasteiger charge is -2.33. The monoisotopic (exact) mass is 338 g/mol. The smallest absolute Gasteiger partial charge is 0.249 e. The van der Waals surface area contributed by atoms with Crippen LogP contribution in [-0.4, -0.2) is 41.5 Å². The second kappa shape index (κ2) is 6.84. The third kappa shape index (κ3) is 3.40. The normalized spacial score (nSPS) is 22.0. The van der Waals surface area contributed by atoms with Gasteiger partial charge in [-0.05, 0) is 30.5 Å². The minimum atomic E-state index is -0.668. The van der Waals surface area contributed by atoms with Crippen molar-refractivity contribution >= 4 is 11.8 Å². The van der Waals surface area contributed by atoms with Gasteiger partial charge in [-0.1, -0.05) is 0 Å². The van der Waals surface area contributed by atoms with Gasteiger partial charge in [0.1, 0.15) is 11.6 Å². The highest BCUT2D eigenvalue weighted by Crippen LogP contribution is 2.34. The van der Waals surface area contributed by atoms with Crippen molar-refractivity contribution in [2.75, 3.05) is 19.7 Å². The van der Waals surface area contributed by atoms with Crippen LogP contribution >= 0.6 is 0 Å². The molecule has 2 aliphatic heterocycles. The molecule has 0 spiro atoms. The number of likely N-dealkylation sites (tertiary alicyclic amines) is 1. The van der Waals surface area contributed by atoms with Crippen LogP contribution in [0.3, 0.4) is 0 Å². The van der Waals surface area contributed by atoms with E-state index in [1.54, 1.807) is 4.90 Å². The molecule has 0 bridgehead atoms. The van der Waals surface area contributed by atoms with Crippen LogP contribution in [0.15, 0.2) is 18.2 Å². The van der Waals surface area contributed by atoms with Gasteiger partial charge in [-0.2, -0.15) is 0 Å². The maximum atomic E-state index is 13.5. The number of halogens is 2. The minimum absolute atomic E-state index is 0.00596. The van der Waals surface area contributed by atoms with Gasteiger partial charge in [-0.15, -0.1) is 0 Å². The molecule has 2 fully saturated rings. The molecule has 0 N–H and O–H groups in total. The van der Waals surface area contributed by atoms with Crippen LogP contribution in [0.25, 0.3) is 0 Å². The Morgan fingerprint density at radius 3 is 2.29 bits per heavy atom. The Balaban J connectivity index is 1.71. The lowest BCUT2D eigenvalue weighted by molar-refractivity contribution is -0.183. The summed E-state index contributed by atoms with van der Waals surface area (Å²) in [5, 5.41) is 1.27. The number of hydrogen-bond acceptors (Lipinski definition) is 3. The largest absolute Gasteiger partial charge is 0.343 e. The van der Waals surface area contributed by atoms with Gasteiger partial charge in [0.2, 0.25) is 11.8 Å². The Morgan fingerprint density at radius 1 is 1.08 bits per heavy atom. The summed E-state index contributed by atoms with van der Waals surface area (Å²) in [6, 6.07) is 2.80. The van der Waals surface area contributed by atoms with Crippen molar-refractivity contribution in [1.29, 1.82) is 0 Å². The first-order valence-electron chi connectivity index (χ1n) is 8.13. The fourth-order valence-corrected chi connectivity index (χ4v) is 3.38. The number of hydroxylamine groups is 2. The van der Waals surface area contributed by atoms with E-state index >= 15 is 0 Å². The summed E-state index contributed by atoms with van der Waals surface area (Å²) >= 11 is 0. The molecule has 7 heteroatoms. The van der Waals surface area contributed by atoms with Gasteiger partial charge in [-0.3, -0.25) is 14.4 Å². The fraction of sp³-hybridized carbons (Fsp3) is 0.529. The molecule has 24 heavy (non-hydrogen) atoms. The molecule has 2 saturated heterocycles. The molecular weight excluding hydrogens is 318 g/mol. The van der Waals surface area contributed by atoms with E-state index in [4.69, 9.17) is 4.84 Å². The van der Waals surface area contributed by atoms with Crippen LogP contribution < -0.4 is 0 Å². The Morgan fingerprint density at radius 2 is 1.71 bits per heavy atom. The van der Waals surface area contributed by atoms with Crippen molar-refractivity contribution in [2.45, 2.75) is 32.2 Å². The molecule has 1 aromatic carbocycles. The van der Waals surface area contributed by atoms with E-state index in [9.17, 15) is 18.4 Å². The van der Waals surface area contributed by atoms with Gasteiger partial charge in [0.25, 0.3) is 0 Å². The zero-order valence-corrected chi connectivity index (χ0v) is 13.5. The molecule has 0 aromatic heterocycles. The molecule has 2 heterocycles. The molecule has 2 amide bonds. The number of nitrogens with zero attached hydrogens (tertiary/aromatic N) is 2. The van der Waals surface area contributed by atoms with Crippen molar-refractivity contribution in [2.24, 2.45) is 5.92 Å². The first kappa shape index (κ1) is 16.8. The summed E-state index contributed by atoms with van der Waals surface area (Å²) in [5.41, 5.74) is 0.402. The molecule has 3 rings (SSSR count). The maximum absolute atomic E-state index is 13.5. The number of hydrogen-bond donors (Lipinski definition) is 0. The van der Waals surface area contributed by atoms with Gasteiger partial charge >= 0.3 is 0 Å². The fourth-order valence-electron chi connectivity index (χ4n) is 3.38. The third-order valence-corrected chi connectivity index (χ3v) is 4.68. The van der Waals surface area contributed by atoms with Crippen molar-refractivity contribution in [1.82, 2.24) is 9.96 Å². The van der Waals surface area contributed by atoms with E-state index in [2.05, 4.69) is 0 Å². The number of carbonyl (C=O) groups is 2. The predicted octanol–water partition coefficient (Wildman–Crippen LogP) is 2.43. The van der Waals surface area contributed by atoms with Crippen LogP contribution in [-0.2, 0) is 14.4 Å². The lowest BCUT2D eigenvalue weighted by Crippen LogP contribution is -2.43. The van der Waals surface area contributed by atoms with E-state index in [-0.39, 0.29) is 17.7 Å². The van der Waals surface area contributed by atoms with E-state index in [1.807, 2.05) is 0 Å². The Hall–Kier alpha value is -2.02. The zero-order valence-electron chi connectivity index (χ0n) is 13.5. The van der Waals surface area contributed by atoms with Crippen molar-refractivity contribution in [3.8, 4) is 0 Å². The summed E-state index contributed by atoms with van der Waals surface area (Å²) in [4.78, 5) is 31.3. The van der Waals surface area contributed by atoms with E-state index in [0.29, 0.717) is 44.5 Å². The predicted molar refractivity (Wildman–Crippen MR) is 81.5 cm³/mol. The summed E-state index contributed by atoms with van der Waals surface area (Å²) < 4.78 is 26.9. The third-order valence-electron chi connectivity index (χ3n) is 4.68. The molecule has 5 nitrogen and oxygen atoms in total. The van der Waals surface area contributed by atoms with Gasteiger partial charge in [0.05, 0.1) is 12.6 Å². The molecule has 130 valence electrons. The van der Waals surface area contributed by atoms with E-state index < -0.39 is 17.7 Å². The number of benzene rings is 1. The lowest BCUT2D eigenvalue weighted by atomic mass is 9.94. The summed E-state index contributed by atoms with van der Waals surface area (Å²) in [7, 11) is 0. The highest BCUT2D eigenvalue weighted by Gasteiger charge is 2.37. The molecule has 0 aliphatic carbocycles. The second-order valence-corrected chi connectivity index (χ2v) is 6.28. The van der Waals surface area contributed by atoms with Crippen LogP contribution in [0, 0.1) is 17.6 Å². The van der Waals surface area contributed by atoms with Gasteiger partial charge in [0.15, 0.2) is 0 Å². The molecular formula is C17H20F2N2O3. The Bertz CT molecular complexity index is 624.